The smallest absolute Gasteiger partial charge is 0.240 e. The predicted molar refractivity (Wildman–Crippen MR) is 110 cm³/mol. The second-order valence-electron chi connectivity index (χ2n) is 6.37. The molecule has 3 rings (SSSR count). The number of hydrogen-bond donors (Lipinski definition) is 1. The second-order valence-corrected chi connectivity index (χ2v) is 11.4. The number of aromatic nitrogens is 1. The Morgan fingerprint density at radius 3 is 2.46 bits per heavy atom. The molecule has 0 radical (unpaired) electrons. The van der Waals surface area contributed by atoms with Gasteiger partial charge >= 0.3 is 0 Å². The van der Waals surface area contributed by atoms with Gasteiger partial charge in [0.1, 0.15) is 9.46 Å². The molecule has 0 aliphatic rings. The van der Waals surface area contributed by atoms with Gasteiger partial charge < -0.3 is 0 Å². The average molecular weight is 437 g/mol. The van der Waals surface area contributed by atoms with Crippen LogP contribution >= 0.6 is 11.3 Å². The topological polar surface area (TPSA) is 93.2 Å². The maximum atomic E-state index is 13.1. The summed E-state index contributed by atoms with van der Waals surface area (Å²) in [7, 11) is -7.65. The largest absolute Gasteiger partial charge is 0.264 e. The van der Waals surface area contributed by atoms with Gasteiger partial charge in [-0.3, -0.25) is 4.98 Å². The van der Waals surface area contributed by atoms with Crippen LogP contribution in [-0.4, -0.2) is 28.4 Å². The number of benzene rings is 1. The van der Waals surface area contributed by atoms with E-state index in [0.717, 1.165) is 16.9 Å². The zero-order valence-electron chi connectivity index (χ0n) is 15.4. The lowest BCUT2D eigenvalue weighted by Crippen LogP contribution is -2.32. The van der Waals surface area contributed by atoms with E-state index >= 15 is 0 Å². The zero-order valence-corrected chi connectivity index (χ0v) is 17.8. The van der Waals surface area contributed by atoms with Crippen LogP contribution in [0.5, 0.6) is 0 Å². The van der Waals surface area contributed by atoms with Gasteiger partial charge in [0.2, 0.25) is 10.0 Å². The summed E-state index contributed by atoms with van der Waals surface area (Å²) < 4.78 is 54.5. The van der Waals surface area contributed by atoms with Crippen molar-refractivity contribution in [3.05, 3.63) is 76.9 Å². The summed E-state index contributed by atoms with van der Waals surface area (Å²) in [6, 6.07) is 11.4. The van der Waals surface area contributed by atoms with Crippen LogP contribution in [0.25, 0.3) is 0 Å². The molecule has 9 heteroatoms. The van der Waals surface area contributed by atoms with E-state index in [0.29, 0.717) is 11.1 Å². The number of nitrogens with zero attached hydrogens (tertiary/aromatic N) is 1. The molecule has 0 saturated carbocycles. The SMILES string of the molecule is Cc1ccc(S(=O)(=O)NC[C@H](c2cccnc2)S(=O)(=O)c2cccs2)c(C)c1. The van der Waals surface area contributed by atoms with E-state index in [9.17, 15) is 16.8 Å². The Kier molecular flexibility index (Phi) is 5.99. The second kappa shape index (κ2) is 8.12. The number of aryl methyl sites for hydroxylation is 2. The van der Waals surface area contributed by atoms with Gasteiger partial charge in [0.25, 0.3) is 0 Å². The van der Waals surface area contributed by atoms with E-state index in [4.69, 9.17) is 0 Å². The normalized spacial score (nSPS) is 13.4. The molecule has 28 heavy (non-hydrogen) atoms. The number of rotatable bonds is 7. The van der Waals surface area contributed by atoms with Gasteiger partial charge in [-0.1, -0.05) is 29.8 Å². The molecule has 0 bridgehead atoms. The summed E-state index contributed by atoms with van der Waals surface area (Å²) in [4.78, 5) is 4.12. The summed E-state index contributed by atoms with van der Waals surface area (Å²) in [5, 5.41) is 0.591. The van der Waals surface area contributed by atoms with Crippen LogP contribution in [0.1, 0.15) is 21.9 Å². The molecule has 0 aliphatic heterocycles. The highest BCUT2D eigenvalue weighted by molar-refractivity contribution is 7.93. The summed E-state index contributed by atoms with van der Waals surface area (Å²) in [6.45, 7) is 3.30. The molecule has 0 unspecified atom stereocenters. The molecule has 0 aliphatic carbocycles. The minimum absolute atomic E-state index is 0.136. The fraction of sp³-hybridized carbons (Fsp3) is 0.211. The average Bonchev–Trinajstić information content (AvgIpc) is 3.17. The maximum absolute atomic E-state index is 13.1. The van der Waals surface area contributed by atoms with Gasteiger partial charge in [0, 0.05) is 18.9 Å². The number of thiophene rings is 1. The number of sulfone groups is 1. The van der Waals surface area contributed by atoms with Crippen molar-refractivity contribution in [1.82, 2.24) is 9.71 Å². The standard InChI is InChI=1S/C19H20N2O4S3/c1-14-7-8-17(15(2)11-14)28(24,25)21-13-18(16-5-3-9-20-12-16)27(22,23)19-6-4-10-26-19/h3-12,18,21H,13H2,1-2H3/t18-/m1/s1. The minimum Gasteiger partial charge on any atom is -0.264 e. The first kappa shape index (κ1) is 20.7. The van der Waals surface area contributed by atoms with Crippen molar-refractivity contribution in [3.8, 4) is 0 Å². The zero-order chi connectivity index (χ0) is 20.4. The molecular formula is C19H20N2O4S3. The Balaban J connectivity index is 1.95. The van der Waals surface area contributed by atoms with Crippen LogP contribution in [0.3, 0.4) is 0 Å². The van der Waals surface area contributed by atoms with Crippen molar-refractivity contribution in [2.45, 2.75) is 28.2 Å². The first-order chi connectivity index (χ1) is 13.2. The fourth-order valence-corrected chi connectivity index (χ4v) is 7.13. The highest BCUT2D eigenvalue weighted by Crippen LogP contribution is 2.31. The van der Waals surface area contributed by atoms with E-state index in [2.05, 4.69) is 9.71 Å². The molecule has 1 N–H and O–H groups in total. The highest BCUT2D eigenvalue weighted by atomic mass is 32.2. The number of nitrogens with one attached hydrogen (secondary N) is 1. The van der Waals surface area contributed by atoms with Crippen LogP contribution in [0.4, 0.5) is 0 Å². The van der Waals surface area contributed by atoms with E-state index in [1.54, 1.807) is 42.6 Å². The Labute approximate surface area is 169 Å². The molecule has 3 aromatic rings. The number of hydrogen-bond acceptors (Lipinski definition) is 6. The molecule has 0 amide bonds. The van der Waals surface area contributed by atoms with Gasteiger partial charge in [-0.05, 0) is 48.6 Å². The van der Waals surface area contributed by atoms with Crippen molar-refractivity contribution in [2.75, 3.05) is 6.54 Å². The van der Waals surface area contributed by atoms with Crippen LogP contribution in [-0.2, 0) is 19.9 Å². The predicted octanol–water partition coefficient (Wildman–Crippen LogP) is 3.25. The third-order valence-electron chi connectivity index (χ3n) is 4.28. The third kappa shape index (κ3) is 4.33. The first-order valence-corrected chi connectivity index (χ1v) is 12.4. The van der Waals surface area contributed by atoms with Crippen molar-refractivity contribution >= 4 is 31.2 Å². The molecule has 6 nitrogen and oxygen atoms in total. The summed E-state index contributed by atoms with van der Waals surface area (Å²) in [6.07, 6.45) is 2.99. The van der Waals surface area contributed by atoms with E-state index in [1.807, 2.05) is 6.92 Å². The van der Waals surface area contributed by atoms with Gasteiger partial charge in [-0.2, -0.15) is 0 Å². The molecule has 148 valence electrons. The molecular weight excluding hydrogens is 416 g/mol. The molecule has 2 heterocycles. The Hall–Kier alpha value is -2.07. The van der Waals surface area contributed by atoms with Gasteiger partial charge in [-0.15, -0.1) is 11.3 Å². The molecule has 0 spiro atoms. The van der Waals surface area contributed by atoms with E-state index in [1.165, 1.54) is 24.5 Å². The summed E-state index contributed by atoms with van der Waals surface area (Å²) in [5.74, 6) is 0. The fourth-order valence-electron chi connectivity index (χ4n) is 2.90. The lowest BCUT2D eigenvalue weighted by molar-refractivity contribution is 0.569. The summed E-state index contributed by atoms with van der Waals surface area (Å²) >= 11 is 1.10. The lowest BCUT2D eigenvalue weighted by atomic mass is 10.2. The summed E-state index contributed by atoms with van der Waals surface area (Å²) in [5.41, 5.74) is 1.98. The lowest BCUT2D eigenvalue weighted by Gasteiger charge is -2.18. The maximum Gasteiger partial charge on any atom is 0.240 e. The van der Waals surface area contributed by atoms with Crippen LogP contribution < -0.4 is 4.72 Å². The third-order valence-corrected chi connectivity index (χ3v) is 9.40. The van der Waals surface area contributed by atoms with Crippen LogP contribution in [0, 0.1) is 13.8 Å². The van der Waals surface area contributed by atoms with E-state index in [-0.39, 0.29) is 15.6 Å². The number of sulfonamides is 1. The monoisotopic (exact) mass is 436 g/mol. The minimum atomic E-state index is -3.87. The first-order valence-electron chi connectivity index (χ1n) is 8.46. The molecule has 1 atom stereocenters. The van der Waals surface area contributed by atoms with Crippen LogP contribution in [0.2, 0.25) is 0 Å². The van der Waals surface area contributed by atoms with Gasteiger partial charge in [-0.25, -0.2) is 21.6 Å². The van der Waals surface area contributed by atoms with Crippen molar-refractivity contribution < 1.29 is 16.8 Å². The van der Waals surface area contributed by atoms with E-state index < -0.39 is 25.1 Å². The quantitative estimate of drug-likeness (QED) is 0.614. The Morgan fingerprint density at radius 2 is 1.86 bits per heavy atom. The van der Waals surface area contributed by atoms with Crippen molar-refractivity contribution in [1.29, 1.82) is 0 Å². The Bertz CT molecular complexity index is 1160. The number of pyridine rings is 1. The molecule has 0 saturated heterocycles. The molecule has 1 aromatic carbocycles. The molecule has 0 fully saturated rings. The van der Waals surface area contributed by atoms with Crippen molar-refractivity contribution in [3.63, 3.8) is 0 Å². The van der Waals surface area contributed by atoms with Gasteiger partial charge in [0.05, 0.1) is 4.90 Å². The molecule has 2 aromatic heterocycles. The van der Waals surface area contributed by atoms with Gasteiger partial charge in [0.15, 0.2) is 9.84 Å². The Morgan fingerprint density at radius 1 is 1.07 bits per heavy atom. The highest BCUT2D eigenvalue weighted by Gasteiger charge is 2.32. The van der Waals surface area contributed by atoms with Crippen LogP contribution in [0.15, 0.2) is 69.3 Å². The van der Waals surface area contributed by atoms with Crippen molar-refractivity contribution in [2.24, 2.45) is 0 Å².